The maximum Gasteiger partial charge on any atom is 0.141 e. The summed E-state index contributed by atoms with van der Waals surface area (Å²) in [5, 5.41) is 3.66. The highest BCUT2D eigenvalue weighted by Crippen LogP contribution is 2.23. The Morgan fingerprint density at radius 3 is 2.88 bits per heavy atom. The molecule has 0 spiro atoms. The molecule has 1 aromatic carbocycles. The number of nitrogens with one attached hydrogen (secondary N) is 1. The summed E-state index contributed by atoms with van der Waals surface area (Å²) in [5.41, 5.74) is 0.996. The summed E-state index contributed by atoms with van der Waals surface area (Å²) < 4.78 is 18.6. The van der Waals surface area contributed by atoms with Crippen LogP contribution in [0.5, 0.6) is 0 Å². The van der Waals surface area contributed by atoms with Crippen molar-refractivity contribution >= 4 is 11.6 Å². The lowest BCUT2D eigenvalue weighted by Crippen LogP contribution is -2.36. The third-order valence-corrected chi connectivity index (χ3v) is 3.57. The van der Waals surface area contributed by atoms with Crippen LogP contribution >= 0.6 is 11.6 Å². The van der Waals surface area contributed by atoms with Crippen LogP contribution in [0.25, 0.3) is 0 Å². The largest absolute Gasteiger partial charge is 0.377 e. The third kappa shape index (κ3) is 2.97. The van der Waals surface area contributed by atoms with Gasteiger partial charge in [0.25, 0.3) is 0 Å². The van der Waals surface area contributed by atoms with Crippen molar-refractivity contribution in [3.8, 4) is 0 Å². The summed E-state index contributed by atoms with van der Waals surface area (Å²) in [6.07, 6.45) is 1.24. The molecule has 3 unspecified atom stereocenters. The molecule has 1 saturated heterocycles. The average molecular weight is 258 g/mol. The first-order valence-electron chi connectivity index (χ1n) is 5.90. The summed E-state index contributed by atoms with van der Waals surface area (Å²) >= 11 is 5.78. The van der Waals surface area contributed by atoms with E-state index in [9.17, 15) is 4.39 Å². The summed E-state index contributed by atoms with van der Waals surface area (Å²) in [6, 6.07) is 5.34. The van der Waals surface area contributed by atoms with Gasteiger partial charge in [0.1, 0.15) is 5.82 Å². The highest BCUT2D eigenvalue weighted by molar-refractivity contribution is 6.30. The molecule has 1 heterocycles. The van der Waals surface area contributed by atoms with E-state index < -0.39 is 0 Å². The normalized spacial score (nSPS) is 26.1. The fraction of sp³-hybridized carbons (Fsp3) is 0.538. The summed E-state index contributed by atoms with van der Waals surface area (Å²) in [5.74, 6) is -0.375. The number of hydrogen-bond acceptors (Lipinski definition) is 2. The van der Waals surface area contributed by atoms with Gasteiger partial charge in [-0.05, 0) is 38.0 Å². The van der Waals surface area contributed by atoms with Gasteiger partial charge in [0, 0.05) is 18.7 Å². The van der Waals surface area contributed by atoms with Crippen molar-refractivity contribution < 1.29 is 9.13 Å². The molecule has 0 amide bonds. The SMILES string of the molecule is CC(NC1CCOC1C)c1ccc(F)c(Cl)c1. The molecule has 0 radical (unpaired) electrons. The van der Waals surface area contributed by atoms with Crippen LogP contribution in [0.15, 0.2) is 18.2 Å². The van der Waals surface area contributed by atoms with E-state index in [2.05, 4.69) is 19.2 Å². The molecule has 1 fully saturated rings. The smallest absolute Gasteiger partial charge is 0.141 e. The van der Waals surface area contributed by atoms with E-state index in [0.717, 1.165) is 18.6 Å². The topological polar surface area (TPSA) is 21.3 Å². The zero-order valence-electron chi connectivity index (χ0n) is 10.0. The minimum Gasteiger partial charge on any atom is -0.377 e. The van der Waals surface area contributed by atoms with Gasteiger partial charge in [-0.15, -0.1) is 0 Å². The minimum absolute atomic E-state index is 0.141. The second-order valence-corrected chi connectivity index (χ2v) is 4.94. The fourth-order valence-electron chi connectivity index (χ4n) is 2.15. The average Bonchev–Trinajstić information content (AvgIpc) is 2.68. The van der Waals surface area contributed by atoms with E-state index >= 15 is 0 Å². The van der Waals surface area contributed by atoms with Crippen LogP contribution in [-0.4, -0.2) is 18.8 Å². The number of ether oxygens (including phenoxy) is 1. The number of hydrogen-bond donors (Lipinski definition) is 1. The quantitative estimate of drug-likeness (QED) is 0.897. The second-order valence-electron chi connectivity index (χ2n) is 4.53. The van der Waals surface area contributed by atoms with E-state index in [-0.39, 0.29) is 23.0 Å². The monoisotopic (exact) mass is 257 g/mol. The number of benzene rings is 1. The van der Waals surface area contributed by atoms with Gasteiger partial charge in [-0.1, -0.05) is 17.7 Å². The lowest BCUT2D eigenvalue weighted by molar-refractivity contribution is 0.111. The van der Waals surface area contributed by atoms with Gasteiger partial charge in [-0.3, -0.25) is 0 Å². The van der Waals surface area contributed by atoms with Crippen LogP contribution in [0.1, 0.15) is 31.9 Å². The van der Waals surface area contributed by atoms with E-state index in [4.69, 9.17) is 16.3 Å². The van der Waals surface area contributed by atoms with E-state index in [0.29, 0.717) is 6.04 Å². The molecule has 1 aromatic rings. The molecule has 3 atom stereocenters. The highest BCUT2D eigenvalue weighted by Gasteiger charge is 2.25. The van der Waals surface area contributed by atoms with Crippen molar-refractivity contribution in [2.45, 2.75) is 38.5 Å². The van der Waals surface area contributed by atoms with Crippen molar-refractivity contribution in [2.75, 3.05) is 6.61 Å². The van der Waals surface area contributed by atoms with Gasteiger partial charge >= 0.3 is 0 Å². The first-order valence-corrected chi connectivity index (χ1v) is 6.28. The van der Waals surface area contributed by atoms with Crippen LogP contribution in [0.2, 0.25) is 5.02 Å². The van der Waals surface area contributed by atoms with Gasteiger partial charge < -0.3 is 10.1 Å². The van der Waals surface area contributed by atoms with Crippen molar-refractivity contribution in [3.63, 3.8) is 0 Å². The lowest BCUT2D eigenvalue weighted by atomic mass is 10.1. The zero-order valence-corrected chi connectivity index (χ0v) is 10.8. The molecule has 4 heteroatoms. The van der Waals surface area contributed by atoms with Crippen molar-refractivity contribution in [2.24, 2.45) is 0 Å². The maximum atomic E-state index is 13.1. The number of halogens is 2. The fourth-order valence-corrected chi connectivity index (χ4v) is 2.34. The molecular formula is C13H17ClFNO. The third-order valence-electron chi connectivity index (χ3n) is 3.28. The van der Waals surface area contributed by atoms with Crippen LogP contribution in [0.3, 0.4) is 0 Å². The maximum absolute atomic E-state index is 13.1. The van der Waals surface area contributed by atoms with Gasteiger partial charge in [0.15, 0.2) is 0 Å². The van der Waals surface area contributed by atoms with Gasteiger partial charge in [0.2, 0.25) is 0 Å². The Morgan fingerprint density at radius 1 is 1.53 bits per heavy atom. The Bertz CT molecular complexity index is 399. The van der Waals surface area contributed by atoms with E-state index in [1.807, 2.05) is 0 Å². The van der Waals surface area contributed by atoms with Crippen LogP contribution < -0.4 is 5.32 Å². The molecule has 94 valence electrons. The van der Waals surface area contributed by atoms with Crippen LogP contribution in [-0.2, 0) is 4.74 Å². The van der Waals surface area contributed by atoms with Crippen LogP contribution in [0, 0.1) is 5.82 Å². The Labute approximate surface area is 106 Å². The molecule has 1 aliphatic heterocycles. The number of rotatable bonds is 3. The van der Waals surface area contributed by atoms with E-state index in [1.54, 1.807) is 12.1 Å². The molecule has 0 bridgehead atoms. The Morgan fingerprint density at radius 2 is 2.29 bits per heavy atom. The highest BCUT2D eigenvalue weighted by atomic mass is 35.5. The summed E-state index contributed by atoms with van der Waals surface area (Å²) in [6.45, 7) is 4.92. The molecule has 2 rings (SSSR count). The molecule has 0 saturated carbocycles. The van der Waals surface area contributed by atoms with Crippen molar-refractivity contribution in [3.05, 3.63) is 34.6 Å². The minimum atomic E-state index is -0.375. The summed E-state index contributed by atoms with van der Waals surface area (Å²) in [7, 11) is 0. The Kier molecular flexibility index (Phi) is 4.02. The van der Waals surface area contributed by atoms with E-state index in [1.165, 1.54) is 6.07 Å². The van der Waals surface area contributed by atoms with Gasteiger partial charge in [-0.2, -0.15) is 0 Å². The van der Waals surface area contributed by atoms with Gasteiger partial charge in [-0.25, -0.2) is 4.39 Å². The standard InChI is InChI=1S/C13H17ClFNO/c1-8(16-13-5-6-17-9(13)2)10-3-4-12(15)11(14)7-10/h3-4,7-9,13,16H,5-6H2,1-2H3. The first kappa shape index (κ1) is 12.8. The molecular weight excluding hydrogens is 241 g/mol. The lowest BCUT2D eigenvalue weighted by Gasteiger charge is -2.22. The predicted molar refractivity (Wildman–Crippen MR) is 66.8 cm³/mol. The Balaban J connectivity index is 2.03. The molecule has 0 aromatic heterocycles. The molecule has 17 heavy (non-hydrogen) atoms. The van der Waals surface area contributed by atoms with Crippen LogP contribution in [0.4, 0.5) is 4.39 Å². The van der Waals surface area contributed by atoms with Gasteiger partial charge in [0.05, 0.1) is 11.1 Å². The predicted octanol–water partition coefficient (Wildman–Crippen LogP) is 3.31. The molecule has 1 N–H and O–H groups in total. The summed E-state index contributed by atoms with van der Waals surface area (Å²) in [4.78, 5) is 0. The Hall–Kier alpha value is -0.640. The first-order chi connectivity index (χ1) is 8.08. The molecule has 1 aliphatic rings. The second kappa shape index (κ2) is 5.34. The zero-order chi connectivity index (χ0) is 12.4. The van der Waals surface area contributed by atoms with Crippen molar-refractivity contribution in [1.82, 2.24) is 5.32 Å². The van der Waals surface area contributed by atoms with Crippen molar-refractivity contribution in [1.29, 1.82) is 0 Å². The molecule has 2 nitrogen and oxygen atoms in total. The molecule has 0 aliphatic carbocycles.